The number of ether oxygens (including phenoxy) is 1. The van der Waals surface area contributed by atoms with Crippen molar-refractivity contribution in [1.29, 1.82) is 0 Å². The van der Waals surface area contributed by atoms with Crippen LogP contribution in [0.2, 0.25) is 5.02 Å². The maximum atomic E-state index is 12.2. The van der Waals surface area contributed by atoms with Gasteiger partial charge in [0.1, 0.15) is 6.04 Å². The van der Waals surface area contributed by atoms with Crippen LogP contribution in [0.3, 0.4) is 0 Å². The summed E-state index contributed by atoms with van der Waals surface area (Å²) < 4.78 is 4.52. The Morgan fingerprint density at radius 3 is 2.45 bits per heavy atom. The lowest BCUT2D eigenvalue weighted by atomic mass is 10.0. The van der Waals surface area contributed by atoms with Crippen molar-refractivity contribution in [3.05, 3.63) is 28.8 Å². The second kappa shape index (κ2) is 7.14. The highest BCUT2D eigenvalue weighted by Crippen LogP contribution is 2.20. The molecule has 0 aliphatic carbocycles. The number of anilines is 1. The van der Waals surface area contributed by atoms with Gasteiger partial charge in [0.05, 0.1) is 7.11 Å². The van der Waals surface area contributed by atoms with E-state index in [9.17, 15) is 9.59 Å². The standard InChI is InChI=1S/C14H19ClN2O3/c1-8(2)12(17-14(19)20-4)13(18)16-11-6-5-10(15)7-9(11)3/h5-8,12H,1-4H3,(H,16,18)(H,17,19)/t12-/m1/s1. The van der Waals surface area contributed by atoms with Gasteiger partial charge in [0.15, 0.2) is 0 Å². The molecule has 1 aromatic rings. The van der Waals surface area contributed by atoms with E-state index in [1.54, 1.807) is 18.2 Å². The SMILES string of the molecule is COC(=O)N[C@@H](C(=O)Nc1ccc(Cl)cc1C)C(C)C. The third kappa shape index (κ3) is 4.42. The fourth-order valence-corrected chi connectivity index (χ4v) is 1.93. The average Bonchev–Trinajstić information content (AvgIpc) is 2.38. The van der Waals surface area contributed by atoms with Crippen molar-refractivity contribution in [1.82, 2.24) is 5.32 Å². The molecule has 2 amide bonds. The zero-order valence-electron chi connectivity index (χ0n) is 12.0. The minimum Gasteiger partial charge on any atom is -0.453 e. The van der Waals surface area contributed by atoms with Crippen LogP contribution >= 0.6 is 11.6 Å². The molecule has 6 heteroatoms. The van der Waals surface area contributed by atoms with E-state index in [-0.39, 0.29) is 11.8 Å². The molecule has 0 radical (unpaired) electrons. The molecule has 110 valence electrons. The number of hydrogen-bond acceptors (Lipinski definition) is 3. The number of amides is 2. The first kappa shape index (κ1) is 16.3. The first-order chi connectivity index (χ1) is 9.35. The molecule has 0 heterocycles. The summed E-state index contributed by atoms with van der Waals surface area (Å²) >= 11 is 5.87. The highest BCUT2D eigenvalue weighted by molar-refractivity contribution is 6.30. The third-order valence-electron chi connectivity index (χ3n) is 2.85. The molecule has 1 aromatic carbocycles. The fourth-order valence-electron chi connectivity index (χ4n) is 1.70. The zero-order chi connectivity index (χ0) is 15.3. The van der Waals surface area contributed by atoms with E-state index in [1.807, 2.05) is 20.8 Å². The maximum absolute atomic E-state index is 12.2. The molecule has 0 bridgehead atoms. The number of carbonyl (C=O) groups is 2. The largest absolute Gasteiger partial charge is 0.453 e. The van der Waals surface area contributed by atoms with Crippen molar-refractivity contribution in [3.63, 3.8) is 0 Å². The van der Waals surface area contributed by atoms with E-state index < -0.39 is 12.1 Å². The van der Waals surface area contributed by atoms with Gasteiger partial charge in [-0.2, -0.15) is 0 Å². The van der Waals surface area contributed by atoms with Gasteiger partial charge >= 0.3 is 6.09 Å². The topological polar surface area (TPSA) is 67.4 Å². The van der Waals surface area contributed by atoms with Gasteiger partial charge in [0, 0.05) is 10.7 Å². The van der Waals surface area contributed by atoms with Gasteiger partial charge in [-0.15, -0.1) is 0 Å². The highest BCUT2D eigenvalue weighted by atomic mass is 35.5. The Balaban J connectivity index is 2.83. The van der Waals surface area contributed by atoms with E-state index in [0.29, 0.717) is 10.7 Å². The quantitative estimate of drug-likeness (QED) is 0.898. The summed E-state index contributed by atoms with van der Waals surface area (Å²) in [5.41, 5.74) is 1.52. The van der Waals surface area contributed by atoms with Gasteiger partial charge in [-0.05, 0) is 36.6 Å². The van der Waals surface area contributed by atoms with Crippen LogP contribution in [-0.4, -0.2) is 25.2 Å². The summed E-state index contributed by atoms with van der Waals surface area (Å²) in [4.78, 5) is 23.5. The Morgan fingerprint density at radius 1 is 1.30 bits per heavy atom. The van der Waals surface area contributed by atoms with Crippen LogP contribution in [0.15, 0.2) is 18.2 Å². The van der Waals surface area contributed by atoms with Crippen LogP contribution in [0, 0.1) is 12.8 Å². The first-order valence-corrected chi connectivity index (χ1v) is 6.64. The van der Waals surface area contributed by atoms with Crippen LogP contribution in [0.1, 0.15) is 19.4 Å². The molecular formula is C14H19ClN2O3. The van der Waals surface area contributed by atoms with E-state index in [0.717, 1.165) is 5.56 Å². The molecule has 0 spiro atoms. The van der Waals surface area contributed by atoms with Gasteiger partial charge in [-0.25, -0.2) is 4.79 Å². The van der Waals surface area contributed by atoms with Gasteiger partial charge in [-0.3, -0.25) is 4.79 Å². The lowest BCUT2D eigenvalue weighted by Gasteiger charge is -2.21. The molecule has 1 atom stereocenters. The van der Waals surface area contributed by atoms with Crippen molar-refractivity contribution in [3.8, 4) is 0 Å². The molecule has 0 saturated heterocycles. The minimum atomic E-state index is -0.669. The van der Waals surface area contributed by atoms with Gasteiger partial charge in [0.2, 0.25) is 5.91 Å². The summed E-state index contributed by atoms with van der Waals surface area (Å²) in [5, 5.41) is 5.90. The number of nitrogens with one attached hydrogen (secondary N) is 2. The molecular weight excluding hydrogens is 280 g/mol. The van der Waals surface area contributed by atoms with Gasteiger partial charge in [0.25, 0.3) is 0 Å². The lowest BCUT2D eigenvalue weighted by molar-refractivity contribution is -0.119. The monoisotopic (exact) mass is 298 g/mol. The van der Waals surface area contributed by atoms with Crippen molar-refractivity contribution >= 4 is 29.3 Å². The maximum Gasteiger partial charge on any atom is 0.407 e. The Labute approximate surface area is 123 Å². The molecule has 0 unspecified atom stereocenters. The van der Waals surface area contributed by atoms with E-state index in [4.69, 9.17) is 11.6 Å². The van der Waals surface area contributed by atoms with Crippen molar-refractivity contribution in [2.24, 2.45) is 5.92 Å². The molecule has 1 rings (SSSR count). The van der Waals surface area contributed by atoms with Crippen LogP contribution in [0.25, 0.3) is 0 Å². The Kier molecular flexibility index (Phi) is 5.82. The Morgan fingerprint density at radius 2 is 1.95 bits per heavy atom. The van der Waals surface area contributed by atoms with Crippen molar-refractivity contribution in [2.45, 2.75) is 26.8 Å². The van der Waals surface area contributed by atoms with Gasteiger partial charge < -0.3 is 15.4 Å². The second-order valence-corrected chi connectivity index (χ2v) is 5.24. The van der Waals surface area contributed by atoms with E-state index in [2.05, 4.69) is 15.4 Å². The molecule has 0 saturated carbocycles. The van der Waals surface area contributed by atoms with Crippen LogP contribution in [0.5, 0.6) is 0 Å². The third-order valence-corrected chi connectivity index (χ3v) is 3.09. The predicted molar refractivity (Wildman–Crippen MR) is 79.0 cm³/mol. The number of methoxy groups -OCH3 is 1. The van der Waals surface area contributed by atoms with Crippen LogP contribution < -0.4 is 10.6 Å². The molecule has 20 heavy (non-hydrogen) atoms. The number of rotatable bonds is 4. The van der Waals surface area contributed by atoms with Gasteiger partial charge in [-0.1, -0.05) is 25.4 Å². The summed E-state index contributed by atoms with van der Waals surface area (Å²) in [6, 6.07) is 4.51. The summed E-state index contributed by atoms with van der Waals surface area (Å²) in [5.74, 6) is -0.363. The molecule has 0 fully saturated rings. The zero-order valence-corrected chi connectivity index (χ0v) is 12.7. The number of aryl methyl sites for hydroxylation is 1. The number of benzene rings is 1. The van der Waals surface area contributed by atoms with E-state index >= 15 is 0 Å². The molecule has 5 nitrogen and oxygen atoms in total. The summed E-state index contributed by atoms with van der Waals surface area (Å²) in [6.07, 6.45) is -0.633. The average molecular weight is 299 g/mol. The highest BCUT2D eigenvalue weighted by Gasteiger charge is 2.24. The normalized spacial score (nSPS) is 11.9. The van der Waals surface area contributed by atoms with Crippen LogP contribution in [0.4, 0.5) is 10.5 Å². The fraction of sp³-hybridized carbons (Fsp3) is 0.429. The minimum absolute atomic E-state index is 0.0679. The first-order valence-electron chi connectivity index (χ1n) is 6.26. The summed E-state index contributed by atoms with van der Waals surface area (Å²) in [7, 11) is 1.26. The Bertz CT molecular complexity index is 503. The van der Waals surface area contributed by atoms with Crippen molar-refractivity contribution in [2.75, 3.05) is 12.4 Å². The summed E-state index contributed by atoms with van der Waals surface area (Å²) in [6.45, 7) is 5.53. The number of alkyl carbamates (subject to hydrolysis) is 1. The van der Waals surface area contributed by atoms with Crippen molar-refractivity contribution < 1.29 is 14.3 Å². The molecule has 0 aromatic heterocycles. The Hall–Kier alpha value is -1.75. The smallest absolute Gasteiger partial charge is 0.407 e. The molecule has 0 aliphatic heterocycles. The lowest BCUT2D eigenvalue weighted by Crippen LogP contribution is -2.47. The predicted octanol–water partition coefficient (Wildman–Crippen LogP) is 2.97. The van der Waals surface area contributed by atoms with E-state index in [1.165, 1.54) is 7.11 Å². The second-order valence-electron chi connectivity index (χ2n) is 4.81. The molecule has 0 aliphatic rings. The number of hydrogen-bond donors (Lipinski definition) is 2. The number of carbonyl (C=O) groups excluding carboxylic acids is 2. The molecule has 2 N–H and O–H groups in total. The van der Waals surface area contributed by atoms with Crippen LogP contribution in [-0.2, 0) is 9.53 Å². The number of halogens is 1.